The van der Waals surface area contributed by atoms with E-state index in [1.807, 2.05) is 30.1 Å². The molecular weight excluding hydrogens is 232 g/mol. The number of aromatic nitrogens is 1. The molecule has 0 saturated carbocycles. The van der Waals surface area contributed by atoms with Gasteiger partial charge in [0, 0.05) is 30.7 Å². The highest BCUT2D eigenvalue weighted by Gasteiger charge is 2.24. The Balaban J connectivity index is 2.02. The molecule has 17 heavy (non-hydrogen) atoms. The van der Waals surface area contributed by atoms with Gasteiger partial charge in [0.05, 0.1) is 10.9 Å². The van der Waals surface area contributed by atoms with E-state index in [4.69, 9.17) is 10.5 Å². The normalized spacial score (nSPS) is 21.1. The molecule has 1 aromatic heterocycles. The predicted octanol–water partition coefficient (Wildman–Crippen LogP) is 2.38. The Morgan fingerprint density at radius 1 is 1.41 bits per heavy atom. The van der Waals surface area contributed by atoms with Crippen LogP contribution >= 0.6 is 11.8 Å². The number of nitrogens with two attached hydrogens (primary N) is 1. The second kappa shape index (κ2) is 6.38. The molecule has 0 amide bonds. The SMILES string of the molecule is CC(N)C(SC1CCOCC1)c1ccccn1. The van der Waals surface area contributed by atoms with Gasteiger partial charge in [-0.25, -0.2) is 0 Å². The summed E-state index contributed by atoms with van der Waals surface area (Å²) >= 11 is 1.96. The Bertz CT molecular complexity index is 325. The highest BCUT2D eigenvalue weighted by Crippen LogP contribution is 2.36. The van der Waals surface area contributed by atoms with E-state index in [9.17, 15) is 0 Å². The van der Waals surface area contributed by atoms with Crippen LogP contribution in [0, 0.1) is 0 Å². The number of nitrogens with zero attached hydrogens (tertiary/aromatic N) is 1. The first-order chi connectivity index (χ1) is 8.27. The first kappa shape index (κ1) is 12.9. The van der Waals surface area contributed by atoms with Gasteiger partial charge in [0.2, 0.25) is 0 Å². The Hall–Kier alpha value is -0.580. The van der Waals surface area contributed by atoms with Crippen molar-refractivity contribution in [2.45, 2.75) is 36.3 Å². The topological polar surface area (TPSA) is 48.1 Å². The number of hydrogen-bond donors (Lipinski definition) is 1. The van der Waals surface area contributed by atoms with Gasteiger partial charge in [-0.1, -0.05) is 6.07 Å². The Labute approximate surface area is 107 Å². The summed E-state index contributed by atoms with van der Waals surface area (Å²) in [7, 11) is 0. The Morgan fingerprint density at radius 3 is 2.76 bits per heavy atom. The number of ether oxygens (including phenoxy) is 1. The fraction of sp³-hybridized carbons (Fsp3) is 0.615. The van der Waals surface area contributed by atoms with Crippen LogP contribution in [0.1, 0.15) is 30.7 Å². The lowest BCUT2D eigenvalue weighted by atomic mass is 10.1. The fourth-order valence-corrected chi connectivity index (χ4v) is 3.43. The lowest BCUT2D eigenvalue weighted by Crippen LogP contribution is -2.27. The van der Waals surface area contributed by atoms with Crippen LogP contribution in [0.3, 0.4) is 0 Å². The van der Waals surface area contributed by atoms with Gasteiger partial charge < -0.3 is 10.5 Å². The van der Waals surface area contributed by atoms with E-state index in [0.717, 1.165) is 31.7 Å². The Morgan fingerprint density at radius 2 is 2.18 bits per heavy atom. The highest BCUT2D eigenvalue weighted by molar-refractivity contribution is 8.00. The first-order valence-corrected chi connectivity index (χ1v) is 7.11. The molecular formula is C13H20N2OS. The molecule has 2 N–H and O–H groups in total. The lowest BCUT2D eigenvalue weighted by molar-refractivity contribution is 0.0999. The smallest absolute Gasteiger partial charge is 0.0621 e. The van der Waals surface area contributed by atoms with Gasteiger partial charge >= 0.3 is 0 Å². The Kier molecular flexibility index (Phi) is 4.83. The zero-order chi connectivity index (χ0) is 12.1. The maximum absolute atomic E-state index is 6.09. The second-order valence-corrected chi connectivity index (χ2v) is 5.93. The molecule has 0 bridgehead atoms. The monoisotopic (exact) mass is 252 g/mol. The van der Waals surface area contributed by atoms with Crippen LogP contribution in [0.5, 0.6) is 0 Å². The van der Waals surface area contributed by atoms with E-state index in [2.05, 4.69) is 18.0 Å². The van der Waals surface area contributed by atoms with Crippen LogP contribution in [-0.2, 0) is 4.74 Å². The summed E-state index contributed by atoms with van der Waals surface area (Å²) < 4.78 is 5.39. The predicted molar refractivity (Wildman–Crippen MR) is 72.1 cm³/mol. The van der Waals surface area contributed by atoms with Gasteiger partial charge in [0.25, 0.3) is 0 Å². The molecule has 94 valence electrons. The average Bonchev–Trinajstić information content (AvgIpc) is 2.38. The van der Waals surface area contributed by atoms with Crippen molar-refractivity contribution in [1.82, 2.24) is 4.98 Å². The van der Waals surface area contributed by atoms with Gasteiger partial charge in [0.15, 0.2) is 0 Å². The third-order valence-electron chi connectivity index (χ3n) is 2.96. The molecule has 2 unspecified atom stereocenters. The summed E-state index contributed by atoms with van der Waals surface area (Å²) in [5.41, 5.74) is 7.19. The van der Waals surface area contributed by atoms with E-state index in [1.165, 1.54) is 0 Å². The van der Waals surface area contributed by atoms with Crippen LogP contribution in [0.25, 0.3) is 0 Å². The van der Waals surface area contributed by atoms with E-state index in [1.54, 1.807) is 0 Å². The molecule has 1 aliphatic heterocycles. The summed E-state index contributed by atoms with van der Waals surface area (Å²) in [5, 5.41) is 0.945. The second-order valence-electron chi connectivity index (χ2n) is 4.48. The molecule has 1 aromatic rings. The standard InChI is InChI=1S/C13H20N2OS/c1-10(14)13(12-4-2-3-7-15-12)17-11-5-8-16-9-6-11/h2-4,7,10-11,13H,5-6,8-9,14H2,1H3. The molecule has 2 heterocycles. The summed E-state index contributed by atoms with van der Waals surface area (Å²) in [6, 6.07) is 6.17. The highest BCUT2D eigenvalue weighted by atomic mass is 32.2. The zero-order valence-electron chi connectivity index (χ0n) is 10.2. The van der Waals surface area contributed by atoms with Crippen LogP contribution < -0.4 is 5.73 Å². The molecule has 0 radical (unpaired) electrons. The van der Waals surface area contributed by atoms with Crippen molar-refractivity contribution in [2.75, 3.05) is 13.2 Å². The van der Waals surface area contributed by atoms with E-state index in [-0.39, 0.29) is 6.04 Å². The van der Waals surface area contributed by atoms with Crippen LogP contribution in [0.15, 0.2) is 24.4 Å². The van der Waals surface area contributed by atoms with Gasteiger partial charge in [-0.3, -0.25) is 4.98 Å². The maximum Gasteiger partial charge on any atom is 0.0621 e. The third-order valence-corrected chi connectivity index (χ3v) is 4.78. The van der Waals surface area contributed by atoms with E-state index >= 15 is 0 Å². The number of hydrogen-bond acceptors (Lipinski definition) is 4. The van der Waals surface area contributed by atoms with Gasteiger partial charge in [-0.05, 0) is 31.9 Å². The molecule has 0 aliphatic carbocycles. The zero-order valence-corrected chi connectivity index (χ0v) is 11.0. The first-order valence-electron chi connectivity index (χ1n) is 6.17. The minimum Gasteiger partial charge on any atom is -0.381 e. The van der Waals surface area contributed by atoms with Gasteiger partial charge in [-0.15, -0.1) is 11.8 Å². The van der Waals surface area contributed by atoms with Crippen LogP contribution in [0.2, 0.25) is 0 Å². The minimum absolute atomic E-state index is 0.123. The lowest BCUT2D eigenvalue weighted by Gasteiger charge is -2.28. The summed E-state index contributed by atoms with van der Waals surface area (Å²) in [6.45, 7) is 3.82. The van der Waals surface area contributed by atoms with Crippen molar-refractivity contribution in [3.05, 3.63) is 30.1 Å². The van der Waals surface area contributed by atoms with Crippen molar-refractivity contribution in [3.63, 3.8) is 0 Å². The van der Waals surface area contributed by atoms with Crippen molar-refractivity contribution >= 4 is 11.8 Å². The number of rotatable bonds is 4. The molecule has 4 heteroatoms. The molecule has 0 spiro atoms. The number of pyridine rings is 1. The fourth-order valence-electron chi connectivity index (χ4n) is 2.03. The average molecular weight is 252 g/mol. The summed E-state index contributed by atoms with van der Waals surface area (Å²) in [6.07, 6.45) is 4.09. The largest absolute Gasteiger partial charge is 0.381 e. The molecule has 2 atom stereocenters. The van der Waals surface area contributed by atoms with Crippen molar-refractivity contribution in [3.8, 4) is 0 Å². The summed E-state index contributed by atoms with van der Waals surface area (Å²) in [4.78, 5) is 4.43. The number of thioether (sulfide) groups is 1. The van der Waals surface area contributed by atoms with Crippen molar-refractivity contribution in [2.24, 2.45) is 5.73 Å². The van der Waals surface area contributed by atoms with E-state index < -0.39 is 0 Å². The van der Waals surface area contributed by atoms with Gasteiger partial charge in [0.1, 0.15) is 0 Å². The van der Waals surface area contributed by atoms with E-state index in [0.29, 0.717) is 10.5 Å². The minimum atomic E-state index is 0.123. The molecule has 1 saturated heterocycles. The van der Waals surface area contributed by atoms with Gasteiger partial charge in [-0.2, -0.15) is 0 Å². The molecule has 2 rings (SSSR count). The molecule has 0 aromatic carbocycles. The molecule has 1 fully saturated rings. The molecule has 3 nitrogen and oxygen atoms in total. The third kappa shape index (κ3) is 3.69. The molecule has 1 aliphatic rings. The maximum atomic E-state index is 6.09. The van der Waals surface area contributed by atoms with Crippen LogP contribution in [-0.4, -0.2) is 29.5 Å². The van der Waals surface area contributed by atoms with Crippen molar-refractivity contribution in [1.29, 1.82) is 0 Å². The van der Waals surface area contributed by atoms with Crippen LogP contribution in [0.4, 0.5) is 0 Å². The van der Waals surface area contributed by atoms with Crippen molar-refractivity contribution < 1.29 is 4.74 Å². The quantitative estimate of drug-likeness (QED) is 0.894. The summed E-state index contributed by atoms with van der Waals surface area (Å²) in [5.74, 6) is 0.